The van der Waals surface area contributed by atoms with E-state index < -0.39 is 17.4 Å². The lowest BCUT2D eigenvalue weighted by atomic mass is 9.81. The highest BCUT2D eigenvalue weighted by molar-refractivity contribution is 5.99. The van der Waals surface area contributed by atoms with E-state index >= 15 is 0 Å². The number of nitrogens with one attached hydrogen (secondary N) is 1. The van der Waals surface area contributed by atoms with Gasteiger partial charge in [-0.15, -0.1) is 0 Å². The number of rotatable bonds is 8. The molecule has 0 aromatic heterocycles. The van der Waals surface area contributed by atoms with Crippen molar-refractivity contribution in [1.29, 1.82) is 0 Å². The molecule has 3 rings (SSSR count). The first-order valence-corrected chi connectivity index (χ1v) is 10.4. The topological polar surface area (TPSA) is 83.1 Å². The van der Waals surface area contributed by atoms with Crippen LogP contribution in [-0.4, -0.2) is 38.7 Å². The van der Waals surface area contributed by atoms with Crippen molar-refractivity contribution in [3.05, 3.63) is 53.6 Å². The molecule has 0 bridgehead atoms. The Hall–Kier alpha value is -3.22. The first-order chi connectivity index (χ1) is 15.0. The van der Waals surface area contributed by atoms with Crippen LogP contribution in [0.1, 0.15) is 48.0 Å². The average Bonchev–Trinajstić information content (AvgIpc) is 2.82. The van der Waals surface area contributed by atoms with Gasteiger partial charge < -0.3 is 24.3 Å². The van der Waals surface area contributed by atoms with Crippen molar-refractivity contribution in [2.45, 2.75) is 44.2 Å². The zero-order valence-corrected chi connectivity index (χ0v) is 18.2. The number of benzene rings is 2. The summed E-state index contributed by atoms with van der Waals surface area (Å²) in [6.45, 7) is 0.324. The van der Waals surface area contributed by atoms with Gasteiger partial charge in [-0.2, -0.15) is 0 Å². The summed E-state index contributed by atoms with van der Waals surface area (Å²) in [5, 5.41) is 2.91. The van der Waals surface area contributed by atoms with Gasteiger partial charge in [0.05, 0.1) is 21.3 Å². The Bertz CT molecular complexity index is 881. The zero-order chi connectivity index (χ0) is 22.3. The number of carbonyl (C=O) groups excluding carboxylic acids is 2. The summed E-state index contributed by atoms with van der Waals surface area (Å²) in [4.78, 5) is 25.6. The minimum Gasteiger partial charge on any atom is -0.493 e. The molecule has 1 aliphatic carbocycles. The van der Waals surface area contributed by atoms with Gasteiger partial charge >= 0.3 is 5.97 Å². The molecule has 31 heavy (non-hydrogen) atoms. The van der Waals surface area contributed by atoms with Crippen LogP contribution in [-0.2, 0) is 16.1 Å². The molecular weight excluding hydrogens is 398 g/mol. The molecule has 7 nitrogen and oxygen atoms in total. The SMILES string of the molecule is COC(=O)C1(NC(=O)c2cc(OC)c(OCc3ccccc3)c(OC)c2)CCCCC1. The van der Waals surface area contributed by atoms with Gasteiger partial charge in [0.2, 0.25) is 5.75 Å². The molecule has 0 radical (unpaired) electrons. The van der Waals surface area contributed by atoms with Crippen LogP contribution in [0.4, 0.5) is 0 Å². The van der Waals surface area contributed by atoms with E-state index in [1.165, 1.54) is 21.3 Å². The van der Waals surface area contributed by atoms with Crippen molar-refractivity contribution in [1.82, 2.24) is 5.32 Å². The summed E-state index contributed by atoms with van der Waals surface area (Å²) < 4.78 is 21.9. The minimum absolute atomic E-state index is 0.314. The largest absolute Gasteiger partial charge is 0.493 e. The lowest BCUT2D eigenvalue weighted by Crippen LogP contribution is -2.56. The van der Waals surface area contributed by atoms with E-state index in [-0.39, 0.29) is 0 Å². The van der Waals surface area contributed by atoms with Crippen LogP contribution in [0.3, 0.4) is 0 Å². The molecule has 2 aromatic rings. The van der Waals surface area contributed by atoms with Crippen molar-refractivity contribution in [2.75, 3.05) is 21.3 Å². The van der Waals surface area contributed by atoms with E-state index in [1.54, 1.807) is 12.1 Å². The van der Waals surface area contributed by atoms with Crippen LogP contribution in [0.5, 0.6) is 17.2 Å². The number of ether oxygens (including phenoxy) is 4. The standard InChI is InChI=1S/C24H29NO6/c1-28-19-14-18(22(26)25-24(23(27)30-3)12-8-5-9-13-24)15-20(29-2)21(19)31-16-17-10-6-4-7-11-17/h4,6-7,10-11,14-15H,5,8-9,12-13,16H2,1-3H3,(H,25,26). The molecule has 2 aromatic carbocycles. The number of amides is 1. The van der Waals surface area contributed by atoms with Crippen LogP contribution < -0.4 is 19.5 Å². The van der Waals surface area contributed by atoms with Gasteiger partial charge in [-0.1, -0.05) is 49.6 Å². The Kier molecular flexibility index (Phi) is 7.39. The number of methoxy groups -OCH3 is 3. The van der Waals surface area contributed by atoms with Gasteiger partial charge in [-0.3, -0.25) is 4.79 Å². The smallest absolute Gasteiger partial charge is 0.331 e. The van der Waals surface area contributed by atoms with Gasteiger partial charge in [0.25, 0.3) is 5.91 Å². The Labute approximate surface area is 182 Å². The second kappa shape index (κ2) is 10.2. The van der Waals surface area contributed by atoms with Crippen LogP contribution in [0, 0.1) is 0 Å². The third-order valence-corrected chi connectivity index (χ3v) is 5.58. The highest BCUT2D eigenvalue weighted by Crippen LogP contribution is 2.39. The maximum absolute atomic E-state index is 13.1. The van der Waals surface area contributed by atoms with Crippen molar-refractivity contribution >= 4 is 11.9 Å². The van der Waals surface area contributed by atoms with E-state index in [9.17, 15) is 9.59 Å². The van der Waals surface area contributed by atoms with E-state index in [0.29, 0.717) is 42.3 Å². The molecular formula is C24H29NO6. The lowest BCUT2D eigenvalue weighted by Gasteiger charge is -2.35. The lowest BCUT2D eigenvalue weighted by molar-refractivity contribution is -0.149. The molecule has 0 saturated heterocycles. The van der Waals surface area contributed by atoms with Gasteiger partial charge in [0.15, 0.2) is 11.5 Å². The summed E-state index contributed by atoms with van der Waals surface area (Å²) in [5.41, 5.74) is 0.299. The average molecular weight is 427 g/mol. The molecule has 1 aliphatic rings. The first kappa shape index (κ1) is 22.5. The minimum atomic E-state index is -1.01. The number of hydrogen-bond acceptors (Lipinski definition) is 6. The molecule has 7 heteroatoms. The Balaban J connectivity index is 1.85. The molecule has 0 unspecified atom stereocenters. The first-order valence-electron chi connectivity index (χ1n) is 10.4. The molecule has 166 valence electrons. The summed E-state index contributed by atoms with van der Waals surface area (Å²) in [6.07, 6.45) is 3.85. The van der Waals surface area contributed by atoms with Crippen LogP contribution in [0.15, 0.2) is 42.5 Å². The Morgan fingerprint density at radius 2 is 1.55 bits per heavy atom. The van der Waals surface area contributed by atoms with Gasteiger partial charge in [0.1, 0.15) is 12.1 Å². The normalized spacial score (nSPS) is 14.9. The van der Waals surface area contributed by atoms with Crippen molar-refractivity contribution in [2.24, 2.45) is 0 Å². The summed E-state index contributed by atoms with van der Waals surface area (Å²) >= 11 is 0. The molecule has 1 fully saturated rings. The molecule has 1 N–H and O–H groups in total. The third kappa shape index (κ3) is 5.10. The quantitative estimate of drug-likeness (QED) is 0.644. The third-order valence-electron chi connectivity index (χ3n) is 5.58. The predicted octanol–water partition coefficient (Wildman–Crippen LogP) is 3.89. The summed E-state index contributed by atoms with van der Waals surface area (Å²) in [6, 6.07) is 12.9. The summed E-state index contributed by atoms with van der Waals surface area (Å²) in [7, 11) is 4.35. The highest BCUT2D eigenvalue weighted by atomic mass is 16.5. The van der Waals surface area contributed by atoms with Crippen molar-refractivity contribution in [3.63, 3.8) is 0 Å². The predicted molar refractivity (Wildman–Crippen MR) is 116 cm³/mol. The molecule has 0 spiro atoms. The van der Waals surface area contributed by atoms with Crippen LogP contribution >= 0.6 is 0 Å². The maximum atomic E-state index is 13.1. The summed E-state index contributed by atoms with van der Waals surface area (Å²) in [5.74, 6) is 0.346. The number of hydrogen-bond donors (Lipinski definition) is 1. The maximum Gasteiger partial charge on any atom is 0.331 e. The Morgan fingerprint density at radius 3 is 2.10 bits per heavy atom. The second-order valence-corrected chi connectivity index (χ2v) is 7.57. The van der Waals surface area contributed by atoms with Gasteiger partial charge in [0, 0.05) is 5.56 Å². The van der Waals surface area contributed by atoms with Crippen molar-refractivity contribution in [3.8, 4) is 17.2 Å². The molecule has 0 heterocycles. The van der Waals surface area contributed by atoms with Crippen LogP contribution in [0.2, 0.25) is 0 Å². The van der Waals surface area contributed by atoms with E-state index in [4.69, 9.17) is 18.9 Å². The number of carbonyl (C=O) groups is 2. The highest BCUT2D eigenvalue weighted by Gasteiger charge is 2.42. The van der Waals surface area contributed by atoms with Crippen LogP contribution in [0.25, 0.3) is 0 Å². The molecule has 1 saturated carbocycles. The zero-order valence-electron chi connectivity index (χ0n) is 18.2. The van der Waals surface area contributed by atoms with Crippen molar-refractivity contribution < 1.29 is 28.5 Å². The monoisotopic (exact) mass is 427 g/mol. The molecule has 0 atom stereocenters. The van der Waals surface area contributed by atoms with E-state index in [0.717, 1.165) is 24.8 Å². The fourth-order valence-electron chi connectivity index (χ4n) is 3.90. The Morgan fingerprint density at radius 1 is 0.935 bits per heavy atom. The van der Waals surface area contributed by atoms with Gasteiger partial charge in [-0.25, -0.2) is 4.79 Å². The fourth-order valence-corrected chi connectivity index (χ4v) is 3.90. The van der Waals surface area contributed by atoms with E-state index in [1.807, 2.05) is 30.3 Å². The second-order valence-electron chi connectivity index (χ2n) is 7.57. The van der Waals surface area contributed by atoms with E-state index in [2.05, 4.69) is 5.32 Å². The number of esters is 1. The fraction of sp³-hybridized carbons (Fsp3) is 0.417. The molecule has 0 aliphatic heterocycles. The molecule has 1 amide bonds. The van der Waals surface area contributed by atoms with Gasteiger partial charge in [-0.05, 0) is 30.5 Å².